The van der Waals surface area contributed by atoms with Crippen molar-refractivity contribution in [1.29, 1.82) is 0 Å². The van der Waals surface area contributed by atoms with Crippen molar-refractivity contribution in [3.8, 4) is 5.75 Å². The van der Waals surface area contributed by atoms with Crippen LogP contribution in [0.1, 0.15) is 42.6 Å². The molecule has 0 unspecified atom stereocenters. The Morgan fingerprint density at radius 2 is 2.03 bits per heavy atom. The van der Waals surface area contributed by atoms with Crippen LogP contribution in [0.15, 0.2) is 35.3 Å². The van der Waals surface area contributed by atoms with Crippen LogP contribution in [-0.2, 0) is 6.54 Å². The lowest BCUT2D eigenvalue weighted by Crippen LogP contribution is -2.31. The third kappa shape index (κ3) is 4.73. The largest absolute Gasteiger partial charge is 0.497 e. The highest BCUT2D eigenvalue weighted by Crippen LogP contribution is 2.21. The molecule has 0 fully saturated rings. The van der Waals surface area contributed by atoms with Crippen molar-refractivity contribution < 1.29 is 9.53 Å². The topological polar surface area (TPSA) is 88.8 Å². The van der Waals surface area contributed by atoms with E-state index in [1.165, 1.54) is 22.0 Å². The Hall–Kier alpha value is -2.94. The van der Waals surface area contributed by atoms with Gasteiger partial charge in [-0.15, -0.1) is 5.10 Å². The highest BCUT2D eigenvalue weighted by atomic mass is 32.1. The first-order valence-electron chi connectivity index (χ1n) is 9.62. The zero-order chi connectivity index (χ0) is 20.8. The fourth-order valence-corrected chi connectivity index (χ4v) is 3.88. The second-order valence-electron chi connectivity index (χ2n) is 6.58. The molecule has 8 nitrogen and oxygen atoms in total. The van der Waals surface area contributed by atoms with Gasteiger partial charge in [0.15, 0.2) is 0 Å². The Morgan fingerprint density at radius 1 is 1.28 bits per heavy atom. The van der Waals surface area contributed by atoms with Crippen molar-refractivity contribution >= 4 is 27.3 Å². The Balaban J connectivity index is 1.81. The molecule has 0 aliphatic carbocycles. The van der Waals surface area contributed by atoms with Gasteiger partial charge in [0.25, 0.3) is 11.5 Å². The lowest BCUT2D eigenvalue weighted by atomic mass is 10.2. The van der Waals surface area contributed by atoms with E-state index < -0.39 is 11.5 Å². The number of ether oxygens (including phenoxy) is 1. The second kappa shape index (κ2) is 9.51. The summed E-state index contributed by atoms with van der Waals surface area (Å²) in [6.07, 6.45) is 3.29. The van der Waals surface area contributed by atoms with E-state index >= 15 is 0 Å². The molecule has 0 aliphatic rings. The third-order valence-electron chi connectivity index (χ3n) is 4.37. The van der Waals surface area contributed by atoms with Gasteiger partial charge < -0.3 is 15.0 Å². The summed E-state index contributed by atoms with van der Waals surface area (Å²) < 4.78 is 6.40. The number of rotatable bonds is 9. The SMILES string of the molecule is CCCN(CCC)c1nn2c(=O)c(C(=O)NCc3cccc(OC)c3)cnc2s1. The molecule has 1 N–H and O–H groups in total. The molecule has 1 aromatic carbocycles. The summed E-state index contributed by atoms with van der Waals surface area (Å²) in [5, 5.41) is 7.93. The van der Waals surface area contributed by atoms with Gasteiger partial charge in [-0.2, -0.15) is 4.52 Å². The zero-order valence-electron chi connectivity index (χ0n) is 16.8. The molecule has 1 amide bonds. The van der Waals surface area contributed by atoms with Gasteiger partial charge >= 0.3 is 0 Å². The first kappa shape index (κ1) is 20.8. The van der Waals surface area contributed by atoms with Gasteiger partial charge in [-0.1, -0.05) is 37.3 Å². The highest BCUT2D eigenvalue weighted by Gasteiger charge is 2.18. The van der Waals surface area contributed by atoms with Crippen LogP contribution in [0.3, 0.4) is 0 Å². The third-order valence-corrected chi connectivity index (χ3v) is 5.35. The fraction of sp³-hybridized carbons (Fsp3) is 0.400. The first-order valence-corrected chi connectivity index (χ1v) is 10.4. The first-order chi connectivity index (χ1) is 14.1. The number of methoxy groups -OCH3 is 1. The molecular weight excluding hydrogens is 390 g/mol. The molecule has 29 heavy (non-hydrogen) atoms. The molecule has 154 valence electrons. The number of anilines is 1. The molecule has 0 spiro atoms. The molecule has 0 bridgehead atoms. The van der Waals surface area contributed by atoms with E-state index in [2.05, 4.69) is 34.1 Å². The molecular formula is C20H25N5O3S. The van der Waals surface area contributed by atoms with Gasteiger partial charge in [-0.25, -0.2) is 4.98 Å². The van der Waals surface area contributed by atoms with E-state index in [9.17, 15) is 9.59 Å². The summed E-state index contributed by atoms with van der Waals surface area (Å²) in [5.74, 6) is 0.229. The van der Waals surface area contributed by atoms with Crippen molar-refractivity contribution in [2.45, 2.75) is 33.2 Å². The van der Waals surface area contributed by atoms with Crippen LogP contribution in [0.5, 0.6) is 5.75 Å². The maximum Gasteiger partial charge on any atom is 0.288 e. The van der Waals surface area contributed by atoms with Crippen LogP contribution in [0.2, 0.25) is 0 Å². The summed E-state index contributed by atoms with van der Waals surface area (Å²) in [5.41, 5.74) is 0.380. The molecule has 2 heterocycles. The van der Waals surface area contributed by atoms with Crippen LogP contribution in [0, 0.1) is 0 Å². The van der Waals surface area contributed by atoms with Crippen LogP contribution < -0.4 is 20.5 Å². The van der Waals surface area contributed by atoms with Crippen LogP contribution >= 0.6 is 11.3 Å². The summed E-state index contributed by atoms with van der Waals surface area (Å²) in [4.78, 5) is 32.3. The lowest BCUT2D eigenvalue weighted by molar-refractivity contribution is 0.0948. The number of nitrogens with zero attached hydrogens (tertiary/aromatic N) is 4. The molecule has 0 saturated carbocycles. The molecule has 0 saturated heterocycles. The zero-order valence-corrected chi connectivity index (χ0v) is 17.7. The van der Waals surface area contributed by atoms with E-state index in [0.717, 1.165) is 36.6 Å². The highest BCUT2D eigenvalue weighted by molar-refractivity contribution is 7.20. The average Bonchev–Trinajstić information content (AvgIpc) is 3.17. The summed E-state index contributed by atoms with van der Waals surface area (Å²) >= 11 is 1.36. The number of nitrogens with one attached hydrogen (secondary N) is 1. The molecule has 9 heteroatoms. The average molecular weight is 416 g/mol. The van der Waals surface area contributed by atoms with Gasteiger partial charge in [0.1, 0.15) is 11.3 Å². The van der Waals surface area contributed by atoms with Gasteiger partial charge in [0.2, 0.25) is 10.1 Å². The van der Waals surface area contributed by atoms with Crippen molar-refractivity contribution in [2.75, 3.05) is 25.1 Å². The number of fused-ring (bicyclic) bond motifs is 1. The number of hydrogen-bond donors (Lipinski definition) is 1. The Bertz CT molecular complexity index is 1040. The number of hydrogen-bond acceptors (Lipinski definition) is 7. The standard InChI is InChI=1S/C20H25N5O3S/c1-4-9-24(10-5-2)20-23-25-18(27)16(13-22-19(25)29-20)17(26)21-12-14-7-6-8-15(11-14)28-3/h6-8,11,13H,4-5,9-10,12H2,1-3H3,(H,21,26). The minimum absolute atomic E-state index is 0.0280. The van der Waals surface area contributed by atoms with Crippen LogP contribution in [0.4, 0.5) is 5.13 Å². The predicted molar refractivity (Wildman–Crippen MR) is 114 cm³/mol. The minimum Gasteiger partial charge on any atom is -0.497 e. The molecule has 2 aromatic heterocycles. The Labute approximate surface area is 173 Å². The molecule has 0 atom stereocenters. The fourth-order valence-electron chi connectivity index (χ4n) is 2.96. The Kier molecular flexibility index (Phi) is 6.82. The second-order valence-corrected chi connectivity index (χ2v) is 7.51. The predicted octanol–water partition coefficient (Wildman–Crippen LogP) is 2.72. The van der Waals surface area contributed by atoms with Crippen LogP contribution in [0.25, 0.3) is 4.96 Å². The number of carbonyl (C=O) groups is 1. The van der Waals surface area contributed by atoms with Crippen molar-refractivity contribution in [1.82, 2.24) is 19.9 Å². The van der Waals surface area contributed by atoms with Gasteiger partial charge in [-0.05, 0) is 30.5 Å². The quantitative estimate of drug-likeness (QED) is 0.578. The minimum atomic E-state index is -0.478. The van der Waals surface area contributed by atoms with E-state index in [1.54, 1.807) is 7.11 Å². The number of amides is 1. The van der Waals surface area contributed by atoms with Crippen molar-refractivity contribution in [3.05, 3.63) is 51.9 Å². The number of benzene rings is 1. The van der Waals surface area contributed by atoms with Crippen molar-refractivity contribution in [3.63, 3.8) is 0 Å². The van der Waals surface area contributed by atoms with E-state index in [0.29, 0.717) is 10.7 Å². The molecule has 3 rings (SSSR count). The van der Waals surface area contributed by atoms with Gasteiger partial charge in [0, 0.05) is 25.8 Å². The monoisotopic (exact) mass is 415 g/mol. The van der Waals surface area contributed by atoms with E-state index in [1.807, 2.05) is 24.3 Å². The summed E-state index contributed by atoms with van der Waals surface area (Å²) in [6, 6.07) is 7.38. The maximum atomic E-state index is 12.8. The summed E-state index contributed by atoms with van der Waals surface area (Å²) in [7, 11) is 1.59. The Morgan fingerprint density at radius 3 is 2.72 bits per heavy atom. The van der Waals surface area contributed by atoms with E-state index in [4.69, 9.17) is 4.74 Å². The normalized spacial score (nSPS) is 10.9. The molecule has 0 radical (unpaired) electrons. The number of aromatic nitrogens is 3. The number of carbonyl (C=O) groups excluding carboxylic acids is 1. The van der Waals surface area contributed by atoms with Crippen LogP contribution in [-0.4, -0.2) is 40.7 Å². The maximum absolute atomic E-state index is 12.8. The molecule has 3 aromatic rings. The van der Waals surface area contributed by atoms with Gasteiger partial charge in [0.05, 0.1) is 7.11 Å². The summed E-state index contributed by atoms with van der Waals surface area (Å²) in [6.45, 7) is 6.20. The van der Waals surface area contributed by atoms with E-state index in [-0.39, 0.29) is 12.1 Å². The smallest absolute Gasteiger partial charge is 0.288 e. The van der Waals surface area contributed by atoms with Gasteiger partial charge in [-0.3, -0.25) is 9.59 Å². The molecule has 0 aliphatic heterocycles. The van der Waals surface area contributed by atoms with Crippen molar-refractivity contribution in [2.24, 2.45) is 0 Å². The lowest BCUT2D eigenvalue weighted by Gasteiger charge is -2.19.